The van der Waals surface area contributed by atoms with Crippen molar-refractivity contribution in [3.8, 4) is 0 Å². The number of hydrogen-bond acceptors (Lipinski definition) is 3. The molecule has 0 aliphatic heterocycles. The van der Waals surface area contributed by atoms with Gasteiger partial charge in [0, 0.05) is 32.3 Å². The Hall–Kier alpha value is -0.120. The molecule has 18 heavy (non-hydrogen) atoms. The molecule has 1 saturated carbocycles. The molecule has 1 fully saturated rings. The molecule has 0 heterocycles. The van der Waals surface area contributed by atoms with Crippen molar-refractivity contribution in [2.45, 2.75) is 51.9 Å². The van der Waals surface area contributed by atoms with Gasteiger partial charge in [0.15, 0.2) is 0 Å². The van der Waals surface area contributed by atoms with Crippen LogP contribution in [0.3, 0.4) is 0 Å². The van der Waals surface area contributed by atoms with Gasteiger partial charge in [-0.1, -0.05) is 32.6 Å². The van der Waals surface area contributed by atoms with Crippen LogP contribution in [0.5, 0.6) is 0 Å². The van der Waals surface area contributed by atoms with Crippen molar-refractivity contribution in [2.75, 3.05) is 26.4 Å². The van der Waals surface area contributed by atoms with E-state index in [1.807, 2.05) is 0 Å². The van der Waals surface area contributed by atoms with Crippen LogP contribution in [0, 0.1) is 17.8 Å². The monoisotopic (exact) mass is 258 g/mol. The third-order valence-corrected chi connectivity index (χ3v) is 4.29. The maximum absolute atomic E-state index is 8.94. The Morgan fingerprint density at radius 1 is 1.11 bits per heavy atom. The van der Waals surface area contributed by atoms with Gasteiger partial charge >= 0.3 is 0 Å². The van der Waals surface area contributed by atoms with Crippen molar-refractivity contribution >= 4 is 0 Å². The number of aliphatic hydroxyl groups excluding tert-OH is 2. The molecule has 2 N–H and O–H groups in total. The highest BCUT2D eigenvalue weighted by Crippen LogP contribution is 2.29. The molecule has 1 aliphatic carbocycles. The molecule has 3 heteroatoms. The molecular formula is C15H30O3. The lowest BCUT2D eigenvalue weighted by Crippen LogP contribution is -2.22. The highest BCUT2D eigenvalue weighted by Gasteiger charge is 2.20. The maximum Gasteiger partial charge on any atom is 0.0496 e. The topological polar surface area (TPSA) is 49.7 Å². The molecule has 0 amide bonds. The standard InChI is InChI=1S/C15H30O3/c1-13-6-2-3-8-15(13)12-18-9-5-4-7-14(10-16)11-17/h13-17H,2-12H2,1H3. The molecule has 0 saturated heterocycles. The highest BCUT2D eigenvalue weighted by atomic mass is 16.5. The highest BCUT2D eigenvalue weighted by molar-refractivity contribution is 4.71. The van der Waals surface area contributed by atoms with Gasteiger partial charge in [-0.15, -0.1) is 0 Å². The van der Waals surface area contributed by atoms with Crippen LogP contribution in [0.1, 0.15) is 51.9 Å². The normalized spacial score (nSPS) is 24.7. The zero-order chi connectivity index (χ0) is 13.2. The van der Waals surface area contributed by atoms with Gasteiger partial charge < -0.3 is 14.9 Å². The SMILES string of the molecule is CC1CCCCC1COCCCCC(CO)CO. The van der Waals surface area contributed by atoms with Crippen LogP contribution in [0.25, 0.3) is 0 Å². The summed E-state index contributed by atoms with van der Waals surface area (Å²) in [4.78, 5) is 0. The maximum atomic E-state index is 8.94. The summed E-state index contributed by atoms with van der Waals surface area (Å²) in [6.07, 6.45) is 8.43. The fraction of sp³-hybridized carbons (Fsp3) is 1.00. The predicted molar refractivity (Wildman–Crippen MR) is 73.5 cm³/mol. The van der Waals surface area contributed by atoms with Crippen molar-refractivity contribution in [3.63, 3.8) is 0 Å². The van der Waals surface area contributed by atoms with Crippen LogP contribution in [-0.2, 0) is 4.74 Å². The van der Waals surface area contributed by atoms with E-state index in [-0.39, 0.29) is 19.1 Å². The molecule has 2 unspecified atom stereocenters. The molecule has 0 radical (unpaired) electrons. The van der Waals surface area contributed by atoms with E-state index < -0.39 is 0 Å². The first-order valence-corrected chi connectivity index (χ1v) is 7.57. The van der Waals surface area contributed by atoms with Crippen LogP contribution in [-0.4, -0.2) is 36.6 Å². The number of rotatable bonds is 9. The summed E-state index contributed by atoms with van der Waals surface area (Å²) in [5.41, 5.74) is 0. The average molecular weight is 258 g/mol. The van der Waals surface area contributed by atoms with Crippen LogP contribution in [0.4, 0.5) is 0 Å². The van der Waals surface area contributed by atoms with E-state index in [4.69, 9.17) is 14.9 Å². The van der Waals surface area contributed by atoms with Crippen molar-refractivity contribution in [2.24, 2.45) is 17.8 Å². The molecule has 1 aliphatic rings. The summed E-state index contributed by atoms with van der Waals surface area (Å²) >= 11 is 0. The fourth-order valence-electron chi connectivity index (χ4n) is 2.75. The summed E-state index contributed by atoms with van der Waals surface area (Å²) < 4.78 is 5.77. The Bertz CT molecular complexity index is 192. The number of unbranched alkanes of at least 4 members (excludes halogenated alkanes) is 1. The van der Waals surface area contributed by atoms with Gasteiger partial charge in [0.05, 0.1) is 0 Å². The summed E-state index contributed by atoms with van der Waals surface area (Å²) in [5.74, 6) is 1.65. The second-order valence-corrected chi connectivity index (χ2v) is 5.82. The minimum Gasteiger partial charge on any atom is -0.396 e. The van der Waals surface area contributed by atoms with Crippen molar-refractivity contribution < 1.29 is 14.9 Å². The van der Waals surface area contributed by atoms with Crippen LogP contribution in [0.2, 0.25) is 0 Å². The average Bonchev–Trinajstić information content (AvgIpc) is 2.40. The first-order chi connectivity index (χ1) is 8.77. The Morgan fingerprint density at radius 3 is 2.50 bits per heavy atom. The summed E-state index contributed by atoms with van der Waals surface area (Å²) in [7, 11) is 0. The fourth-order valence-corrected chi connectivity index (χ4v) is 2.75. The van der Waals surface area contributed by atoms with Gasteiger partial charge in [-0.2, -0.15) is 0 Å². The first kappa shape index (κ1) is 15.9. The third-order valence-electron chi connectivity index (χ3n) is 4.29. The number of hydrogen-bond donors (Lipinski definition) is 2. The number of ether oxygens (including phenoxy) is 1. The van der Waals surface area contributed by atoms with Gasteiger partial charge in [-0.3, -0.25) is 0 Å². The zero-order valence-electron chi connectivity index (χ0n) is 11.8. The van der Waals surface area contributed by atoms with Crippen molar-refractivity contribution in [1.82, 2.24) is 0 Å². The molecule has 1 rings (SSSR count). The Balaban J connectivity index is 1.94. The molecule has 3 nitrogen and oxygen atoms in total. The minimum atomic E-state index is 0.0587. The van der Waals surface area contributed by atoms with Crippen molar-refractivity contribution in [1.29, 1.82) is 0 Å². The van der Waals surface area contributed by atoms with E-state index in [1.165, 1.54) is 25.7 Å². The largest absolute Gasteiger partial charge is 0.396 e. The molecule has 0 aromatic heterocycles. The number of aliphatic hydroxyl groups is 2. The van der Waals surface area contributed by atoms with E-state index in [9.17, 15) is 0 Å². The smallest absolute Gasteiger partial charge is 0.0496 e. The quantitative estimate of drug-likeness (QED) is 0.625. The van der Waals surface area contributed by atoms with Gasteiger partial charge in [0.1, 0.15) is 0 Å². The minimum absolute atomic E-state index is 0.0587. The van der Waals surface area contributed by atoms with E-state index in [1.54, 1.807) is 0 Å². The van der Waals surface area contributed by atoms with Gasteiger partial charge in [0.25, 0.3) is 0 Å². The molecule has 0 bridgehead atoms. The van der Waals surface area contributed by atoms with Crippen LogP contribution < -0.4 is 0 Å². The van der Waals surface area contributed by atoms with Gasteiger partial charge in [-0.05, 0) is 31.1 Å². The van der Waals surface area contributed by atoms with Gasteiger partial charge in [-0.25, -0.2) is 0 Å². The van der Waals surface area contributed by atoms with Crippen molar-refractivity contribution in [3.05, 3.63) is 0 Å². The van der Waals surface area contributed by atoms with Crippen LogP contribution in [0.15, 0.2) is 0 Å². The molecule has 0 spiro atoms. The lowest BCUT2D eigenvalue weighted by atomic mass is 9.81. The van der Waals surface area contributed by atoms with E-state index in [2.05, 4.69) is 6.92 Å². The van der Waals surface area contributed by atoms with E-state index in [0.29, 0.717) is 0 Å². The third kappa shape index (κ3) is 6.17. The summed E-state index contributed by atoms with van der Waals surface area (Å²) in [5, 5.41) is 17.9. The predicted octanol–water partition coefficient (Wildman–Crippen LogP) is 2.60. The second-order valence-electron chi connectivity index (χ2n) is 5.82. The van der Waals surface area contributed by atoms with E-state index in [0.717, 1.165) is 44.3 Å². The van der Waals surface area contributed by atoms with E-state index >= 15 is 0 Å². The summed E-state index contributed by atoms with van der Waals surface area (Å²) in [6.45, 7) is 4.28. The Morgan fingerprint density at radius 2 is 1.83 bits per heavy atom. The molecule has 0 aromatic rings. The molecule has 2 atom stereocenters. The first-order valence-electron chi connectivity index (χ1n) is 7.57. The lowest BCUT2D eigenvalue weighted by Gasteiger charge is -2.28. The van der Waals surface area contributed by atoms with Crippen LogP contribution >= 0.6 is 0 Å². The Labute approximate surface area is 112 Å². The Kier molecular flexibility index (Phi) is 8.64. The zero-order valence-corrected chi connectivity index (χ0v) is 11.8. The van der Waals surface area contributed by atoms with Gasteiger partial charge in [0.2, 0.25) is 0 Å². The second kappa shape index (κ2) is 9.76. The molecule has 108 valence electrons. The molecular weight excluding hydrogens is 228 g/mol. The summed E-state index contributed by atoms with van der Waals surface area (Å²) in [6, 6.07) is 0. The lowest BCUT2D eigenvalue weighted by molar-refractivity contribution is 0.0596. The molecule has 0 aromatic carbocycles.